The molecule has 1 saturated carbocycles. The van der Waals surface area contributed by atoms with Crippen LogP contribution in [0.4, 0.5) is 5.69 Å². The molecule has 1 aliphatic carbocycles. The van der Waals surface area contributed by atoms with Gasteiger partial charge in [-0.25, -0.2) is 13.6 Å². The molecular weight excluding hydrogens is 244 g/mol. The van der Waals surface area contributed by atoms with E-state index in [1.165, 1.54) is 6.42 Å². The maximum absolute atomic E-state index is 11.4. The summed E-state index contributed by atoms with van der Waals surface area (Å²) >= 11 is 1.14. The number of hydrogen-bond donors (Lipinski definition) is 2. The molecule has 0 amide bonds. The molecule has 1 aromatic rings. The molecule has 0 spiro atoms. The highest BCUT2D eigenvalue weighted by molar-refractivity contribution is 7.91. The number of sulfonamides is 1. The molecule has 90 valence electrons. The van der Waals surface area contributed by atoms with Crippen LogP contribution in [0.15, 0.2) is 9.59 Å². The van der Waals surface area contributed by atoms with Crippen molar-refractivity contribution in [3.8, 4) is 0 Å². The molecule has 0 saturated heterocycles. The van der Waals surface area contributed by atoms with Crippen LogP contribution < -0.4 is 10.9 Å². The molecule has 6 heteroatoms. The zero-order valence-corrected chi connectivity index (χ0v) is 10.6. The second kappa shape index (κ2) is 4.35. The predicted octanol–water partition coefficient (Wildman–Crippen LogP) is 2.03. The minimum atomic E-state index is -3.62. The lowest BCUT2D eigenvalue weighted by Gasteiger charge is -2.22. The highest BCUT2D eigenvalue weighted by Crippen LogP contribution is 2.41. The molecule has 0 radical (unpaired) electrons. The highest BCUT2D eigenvalue weighted by atomic mass is 32.2. The molecule has 16 heavy (non-hydrogen) atoms. The van der Waals surface area contributed by atoms with Crippen molar-refractivity contribution < 1.29 is 8.42 Å². The van der Waals surface area contributed by atoms with Crippen LogP contribution in [-0.4, -0.2) is 8.42 Å². The standard InChI is InChI=1S/C10H16N2O2S2/c11-8-6-15-10(16(12,13)14)9(8)7-4-2-1-3-5-7/h6-7H,1-5,11H2,(H2,12,13,14). The van der Waals surface area contributed by atoms with Gasteiger partial charge in [-0.3, -0.25) is 0 Å². The van der Waals surface area contributed by atoms with E-state index in [1.807, 2.05) is 0 Å². The number of thiophene rings is 1. The Balaban J connectivity index is 2.42. The van der Waals surface area contributed by atoms with Crippen LogP contribution in [-0.2, 0) is 10.0 Å². The van der Waals surface area contributed by atoms with Crippen LogP contribution in [0, 0.1) is 0 Å². The summed E-state index contributed by atoms with van der Waals surface area (Å²) in [5, 5.41) is 6.89. The Morgan fingerprint density at radius 2 is 1.88 bits per heavy atom. The van der Waals surface area contributed by atoms with E-state index in [0.29, 0.717) is 5.69 Å². The van der Waals surface area contributed by atoms with Gasteiger partial charge in [0, 0.05) is 16.6 Å². The Bertz CT molecular complexity index is 473. The van der Waals surface area contributed by atoms with E-state index in [4.69, 9.17) is 10.9 Å². The third kappa shape index (κ3) is 2.23. The fraction of sp³-hybridized carbons (Fsp3) is 0.600. The predicted molar refractivity (Wildman–Crippen MR) is 65.9 cm³/mol. The van der Waals surface area contributed by atoms with Crippen LogP contribution in [0.5, 0.6) is 0 Å². The molecule has 0 atom stereocenters. The summed E-state index contributed by atoms with van der Waals surface area (Å²) in [4.78, 5) is 0. The molecule has 1 fully saturated rings. The first-order chi connectivity index (χ1) is 7.50. The van der Waals surface area contributed by atoms with Gasteiger partial charge in [0.25, 0.3) is 0 Å². The smallest absolute Gasteiger partial charge is 0.247 e. The van der Waals surface area contributed by atoms with E-state index in [9.17, 15) is 8.42 Å². The zero-order valence-electron chi connectivity index (χ0n) is 8.98. The first kappa shape index (κ1) is 11.9. The average Bonchev–Trinajstić information content (AvgIpc) is 2.61. The van der Waals surface area contributed by atoms with Gasteiger partial charge < -0.3 is 5.73 Å². The summed E-state index contributed by atoms with van der Waals surface area (Å²) in [6, 6.07) is 0. The monoisotopic (exact) mass is 260 g/mol. The van der Waals surface area contributed by atoms with Gasteiger partial charge in [0.15, 0.2) is 0 Å². The van der Waals surface area contributed by atoms with Crippen LogP contribution in [0.3, 0.4) is 0 Å². The maximum Gasteiger partial charge on any atom is 0.247 e. The van der Waals surface area contributed by atoms with E-state index in [2.05, 4.69) is 0 Å². The lowest BCUT2D eigenvalue weighted by atomic mass is 9.85. The quantitative estimate of drug-likeness (QED) is 0.853. The Hall–Kier alpha value is -0.590. The summed E-state index contributed by atoms with van der Waals surface area (Å²) in [7, 11) is -3.62. The second-order valence-corrected chi connectivity index (χ2v) is 6.91. The van der Waals surface area contributed by atoms with Gasteiger partial charge in [0.1, 0.15) is 4.21 Å². The van der Waals surface area contributed by atoms with Crippen molar-refractivity contribution in [2.45, 2.75) is 42.2 Å². The van der Waals surface area contributed by atoms with E-state index >= 15 is 0 Å². The number of rotatable bonds is 2. The molecule has 0 bridgehead atoms. The van der Waals surface area contributed by atoms with Crippen LogP contribution in [0.2, 0.25) is 0 Å². The summed E-state index contributed by atoms with van der Waals surface area (Å²) in [5.74, 6) is 0.272. The van der Waals surface area contributed by atoms with Crippen LogP contribution in [0.25, 0.3) is 0 Å². The number of hydrogen-bond acceptors (Lipinski definition) is 4. The van der Waals surface area contributed by atoms with Crippen molar-refractivity contribution >= 4 is 27.0 Å². The largest absolute Gasteiger partial charge is 0.398 e. The summed E-state index contributed by atoms with van der Waals surface area (Å²) in [6.07, 6.45) is 5.55. The SMILES string of the molecule is Nc1csc(S(N)(=O)=O)c1C1CCCCC1. The topological polar surface area (TPSA) is 86.2 Å². The Kier molecular flexibility index (Phi) is 3.23. The highest BCUT2D eigenvalue weighted by Gasteiger charge is 2.26. The first-order valence-corrected chi connectivity index (χ1v) is 7.82. The van der Waals surface area contributed by atoms with E-state index < -0.39 is 10.0 Å². The molecule has 0 aromatic carbocycles. The molecule has 4 N–H and O–H groups in total. The average molecular weight is 260 g/mol. The van der Waals surface area contributed by atoms with Gasteiger partial charge in [0.2, 0.25) is 10.0 Å². The van der Waals surface area contributed by atoms with Crippen molar-refractivity contribution in [2.24, 2.45) is 5.14 Å². The molecule has 2 rings (SSSR count). The van der Waals surface area contributed by atoms with Gasteiger partial charge in [-0.1, -0.05) is 19.3 Å². The van der Waals surface area contributed by atoms with Crippen molar-refractivity contribution in [2.75, 3.05) is 5.73 Å². The minimum Gasteiger partial charge on any atom is -0.398 e. The Labute approximate surface area is 99.7 Å². The fourth-order valence-corrected chi connectivity index (χ4v) is 4.42. The van der Waals surface area contributed by atoms with Gasteiger partial charge >= 0.3 is 0 Å². The minimum absolute atomic E-state index is 0.261. The van der Waals surface area contributed by atoms with E-state index in [-0.39, 0.29) is 10.1 Å². The number of anilines is 1. The summed E-state index contributed by atoms with van der Waals surface area (Å²) in [6.45, 7) is 0. The molecule has 0 unspecified atom stereocenters. The fourth-order valence-electron chi connectivity index (χ4n) is 2.38. The molecular formula is C10H16N2O2S2. The van der Waals surface area contributed by atoms with Crippen LogP contribution >= 0.6 is 11.3 Å². The molecule has 1 aliphatic rings. The lowest BCUT2D eigenvalue weighted by Crippen LogP contribution is -2.15. The van der Waals surface area contributed by atoms with Gasteiger partial charge in [-0.2, -0.15) is 0 Å². The first-order valence-electron chi connectivity index (χ1n) is 5.40. The summed E-state index contributed by atoms with van der Waals surface area (Å²) in [5.41, 5.74) is 7.21. The van der Waals surface area contributed by atoms with Gasteiger partial charge in [0.05, 0.1) is 0 Å². The zero-order chi connectivity index (χ0) is 11.8. The van der Waals surface area contributed by atoms with Crippen molar-refractivity contribution in [3.63, 3.8) is 0 Å². The van der Waals surface area contributed by atoms with E-state index in [1.54, 1.807) is 5.38 Å². The molecule has 4 nitrogen and oxygen atoms in total. The van der Waals surface area contributed by atoms with E-state index in [0.717, 1.165) is 42.6 Å². The van der Waals surface area contributed by atoms with Crippen molar-refractivity contribution in [1.82, 2.24) is 0 Å². The summed E-state index contributed by atoms with van der Waals surface area (Å²) < 4.78 is 23.1. The molecule has 0 aliphatic heterocycles. The Morgan fingerprint density at radius 3 is 2.44 bits per heavy atom. The molecule has 1 heterocycles. The molecule has 1 aromatic heterocycles. The van der Waals surface area contributed by atoms with Crippen molar-refractivity contribution in [1.29, 1.82) is 0 Å². The normalized spacial score (nSPS) is 18.8. The number of primary sulfonamides is 1. The second-order valence-electron chi connectivity index (χ2n) is 4.27. The third-order valence-electron chi connectivity index (χ3n) is 3.10. The number of nitrogen functional groups attached to an aromatic ring is 1. The number of nitrogens with two attached hydrogens (primary N) is 2. The van der Waals surface area contributed by atoms with Crippen LogP contribution in [0.1, 0.15) is 43.6 Å². The van der Waals surface area contributed by atoms with Gasteiger partial charge in [-0.05, 0) is 18.8 Å². The Morgan fingerprint density at radius 1 is 1.25 bits per heavy atom. The lowest BCUT2D eigenvalue weighted by molar-refractivity contribution is 0.441. The van der Waals surface area contributed by atoms with Crippen molar-refractivity contribution in [3.05, 3.63) is 10.9 Å². The third-order valence-corrected chi connectivity index (χ3v) is 5.62. The van der Waals surface area contributed by atoms with Gasteiger partial charge in [-0.15, -0.1) is 11.3 Å². The maximum atomic E-state index is 11.4.